The molecule has 19 heavy (non-hydrogen) atoms. The van der Waals surface area contributed by atoms with E-state index in [9.17, 15) is 5.11 Å². The number of aliphatic hydroxyl groups is 1. The maximum absolute atomic E-state index is 10.5. The zero-order chi connectivity index (χ0) is 13.8. The predicted octanol–water partition coefficient (Wildman–Crippen LogP) is 4.89. The van der Waals surface area contributed by atoms with Gasteiger partial charge in [-0.1, -0.05) is 56.3 Å². The largest absolute Gasteiger partial charge is 0.384 e. The minimum atomic E-state index is -0.543. The Morgan fingerprint density at radius 2 is 1.58 bits per heavy atom. The Labute approximate surface area is 128 Å². The van der Waals surface area contributed by atoms with E-state index in [1.807, 2.05) is 36.4 Å². The van der Waals surface area contributed by atoms with Crippen molar-refractivity contribution in [1.82, 2.24) is 0 Å². The molecule has 2 rings (SSSR count). The van der Waals surface area contributed by atoms with Crippen LogP contribution in [0.1, 0.15) is 49.0 Å². The van der Waals surface area contributed by atoms with E-state index >= 15 is 0 Å². The highest BCUT2D eigenvalue weighted by Crippen LogP contribution is 2.27. The Kier molecular flexibility index (Phi) is 4.99. The molecular weight excluding hydrogens is 347 g/mol. The molecule has 0 aliphatic rings. The molecule has 2 unspecified atom stereocenters. The van der Waals surface area contributed by atoms with Gasteiger partial charge in [0.25, 0.3) is 0 Å². The van der Waals surface area contributed by atoms with E-state index in [1.54, 1.807) is 0 Å². The SMILES string of the molecule is CCC(C)c1ccc(C(O)c2ccccc2I)cc1. The molecule has 2 atom stereocenters. The summed E-state index contributed by atoms with van der Waals surface area (Å²) in [6, 6.07) is 16.3. The number of hydrogen-bond acceptors (Lipinski definition) is 1. The fourth-order valence-electron chi connectivity index (χ4n) is 2.12. The Morgan fingerprint density at radius 1 is 1.00 bits per heavy atom. The van der Waals surface area contributed by atoms with Crippen LogP contribution in [0, 0.1) is 3.57 Å². The van der Waals surface area contributed by atoms with Crippen molar-refractivity contribution in [2.45, 2.75) is 32.3 Å². The molecular formula is C17H19IO. The van der Waals surface area contributed by atoms with Gasteiger partial charge in [-0.15, -0.1) is 0 Å². The molecule has 1 nitrogen and oxygen atoms in total. The van der Waals surface area contributed by atoms with Crippen molar-refractivity contribution < 1.29 is 5.11 Å². The van der Waals surface area contributed by atoms with Gasteiger partial charge in [0.15, 0.2) is 0 Å². The first kappa shape index (κ1) is 14.5. The summed E-state index contributed by atoms with van der Waals surface area (Å²) in [6.45, 7) is 4.42. The van der Waals surface area contributed by atoms with Crippen LogP contribution >= 0.6 is 22.6 Å². The molecule has 0 amide bonds. The summed E-state index contributed by atoms with van der Waals surface area (Å²) >= 11 is 2.27. The highest BCUT2D eigenvalue weighted by atomic mass is 127. The van der Waals surface area contributed by atoms with Gasteiger partial charge in [0, 0.05) is 3.57 Å². The zero-order valence-corrected chi connectivity index (χ0v) is 13.5. The third-order valence-corrected chi connectivity index (χ3v) is 4.62. The van der Waals surface area contributed by atoms with E-state index in [-0.39, 0.29) is 0 Å². The maximum atomic E-state index is 10.5. The van der Waals surface area contributed by atoms with Crippen LogP contribution in [0.25, 0.3) is 0 Å². The fraction of sp³-hybridized carbons (Fsp3) is 0.294. The van der Waals surface area contributed by atoms with Gasteiger partial charge in [-0.3, -0.25) is 0 Å². The second kappa shape index (κ2) is 6.53. The lowest BCUT2D eigenvalue weighted by Crippen LogP contribution is -2.02. The molecule has 1 N–H and O–H groups in total. The van der Waals surface area contributed by atoms with Gasteiger partial charge in [0.05, 0.1) is 0 Å². The normalized spacial score (nSPS) is 14.1. The summed E-state index contributed by atoms with van der Waals surface area (Å²) < 4.78 is 1.10. The third-order valence-electron chi connectivity index (χ3n) is 3.63. The number of benzene rings is 2. The van der Waals surface area contributed by atoms with Crippen LogP contribution < -0.4 is 0 Å². The number of halogens is 1. The van der Waals surface area contributed by atoms with Gasteiger partial charge in [-0.2, -0.15) is 0 Å². The Hall–Kier alpha value is -0.870. The van der Waals surface area contributed by atoms with Crippen LogP contribution in [0.15, 0.2) is 48.5 Å². The minimum absolute atomic E-state index is 0.543. The van der Waals surface area contributed by atoms with Crippen molar-refractivity contribution in [2.24, 2.45) is 0 Å². The van der Waals surface area contributed by atoms with Crippen molar-refractivity contribution in [1.29, 1.82) is 0 Å². The lowest BCUT2D eigenvalue weighted by molar-refractivity contribution is 0.219. The van der Waals surface area contributed by atoms with Crippen LogP contribution in [-0.4, -0.2) is 5.11 Å². The molecule has 0 saturated carbocycles. The highest BCUT2D eigenvalue weighted by molar-refractivity contribution is 14.1. The van der Waals surface area contributed by atoms with Gasteiger partial charge in [-0.25, -0.2) is 0 Å². The maximum Gasteiger partial charge on any atom is 0.105 e. The van der Waals surface area contributed by atoms with Gasteiger partial charge >= 0.3 is 0 Å². The average molecular weight is 366 g/mol. The average Bonchev–Trinajstić information content (AvgIpc) is 2.46. The predicted molar refractivity (Wildman–Crippen MR) is 88.4 cm³/mol. The van der Waals surface area contributed by atoms with E-state index in [2.05, 4.69) is 48.6 Å². The van der Waals surface area contributed by atoms with Crippen LogP contribution in [0.3, 0.4) is 0 Å². The van der Waals surface area contributed by atoms with Crippen molar-refractivity contribution in [3.05, 3.63) is 68.8 Å². The van der Waals surface area contributed by atoms with Crippen LogP contribution in [0.2, 0.25) is 0 Å². The monoisotopic (exact) mass is 366 g/mol. The summed E-state index contributed by atoms with van der Waals surface area (Å²) in [7, 11) is 0. The van der Waals surface area contributed by atoms with Crippen molar-refractivity contribution in [2.75, 3.05) is 0 Å². The Bertz CT molecular complexity index is 533. The molecule has 0 bridgehead atoms. The number of hydrogen-bond donors (Lipinski definition) is 1. The molecule has 0 aliphatic heterocycles. The molecule has 0 heterocycles. The van der Waals surface area contributed by atoms with Gasteiger partial charge in [-0.05, 0) is 57.7 Å². The molecule has 0 saturated heterocycles. The quantitative estimate of drug-likeness (QED) is 0.765. The van der Waals surface area contributed by atoms with E-state index in [0.29, 0.717) is 5.92 Å². The second-order valence-electron chi connectivity index (χ2n) is 4.90. The Morgan fingerprint density at radius 3 is 2.16 bits per heavy atom. The first-order valence-corrected chi connectivity index (χ1v) is 7.73. The van der Waals surface area contributed by atoms with Gasteiger partial charge < -0.3 is 5.11 Å². The van der Waals surface area contributed by atoms with E-state index in [1.165, 1.54) is 5.56 Å². The Balaban J connectivity index is 2.25. The molecule has 0 aliphatic carbocycles. The summed E-state index contributed by atoms with van der Waals surface area (Å²) in [5, 5.41) is 10.5. The van der Waals surface area contributed by atoms with Crippen molar-refractivity contribution in [3.63, 3.8) is 0 Å². The molecule has 2 aromatic rings. The minimum Gasteiger partial charge on any atom is -0.384 e. The fourth-order valence-corrected chi connectivity index (χ4v) is 2.80. The van der Waals surface area contributed by atoms with E-state index in [0.717, 1.165) is 21.1 Å². The molecule has 0 aromatic heterocycles. The van der Waals surface area contributed by atoms with Gasteiger partial charge in [0.2, 0.25) is 0 Å². The second-order valence-corrected chi connectivity index (χ2v) is 6.06. The summed E-state index contributed by atoms with van der Waals surface area (Å²) in [6.07, 6.45) is 0.595. The van der Waals surface area contributed by atoms with Crippen LogP contribution in [0.5, 0.6) is 0 Å². The standard InChI is InChI=1S/C17H19IO/c1-3-12(2)13-8-10-14(11-9-13)17(19)15-6-4-5-7-16(15)18/h4-12,17,19H,3H2,1-2H3. The molecule has 0 radical (unpaired) electrons. The van der Waals surface area contributed by atoms with Gasteiger partial charge in [0.1, 0.15) is 6.10 Å². The zero-order valence-electron chi connectivity index (χ0n) is 11.3. The van der Waals surface area contributed by atoms with E-state index in [4.69, 9.17) is 0 Å². The smallest absolute Gasteiger partial charge is 0.105 e. The highest BCUT2D eigenvalue weighted by Gasteiger charge is 2.13. The number of aliphatic hydroxyl groups excluding tert-OH is 1. The van der Waals surface area contributed by atoms with Crippen LogP contribution in [0.4, 0.5) is 0 Å². The number of rotatable bonds is 4. The molecule has 0 spiro atoms. The van der Waals surface area contributed by atoms with E-state index < -0.39 is 6.10 Å². The van der Waals surface area contributed by atoms with Crippen molar-refractivity contribution >= 4 is 22.6 Å². The molecule has 2 aromatic carbocycles. The summed E-state index contributed by atoms with van der Waals surface area (Å²) in [5.74, 6) is 0.572. The first-order chi connectivity index (χ1) is 9.13. The third kappa shape index (κ3) is 3.37. The first-order valence-electron chi connectivity index (χ1n) is 6.65. The summed E-state index contributed by atoms with van der Waals surface area (Å²) in [5.41, 5.74) is 3.26. The molecule has 2 heteroatoms. The molecule has 0 fully saturated rings. The molecule has 100 valence electrons. The topological polar surface area (TPSA) is 20.2 Å². The lowest BCUT2D eigenvalue weighted by atomic mass is 9.95. The summed E-state index contributed by atoms with van der Waals surface area (Å²) in [4.78, 5) is 0. The van der Waals surface area contributed by atoms with Crippen LogP contribution in [-0.2, 0) is 0 Å². The lowest BCUT2D eigenvalue weighted by Gasteiger charge is -2.15. The van der Waals surface area contributed by atoms with Crippen molar-refractivity contribution in [3.8, 4) is 0 Å².